The first-order valence-electron chi connectivity index (χ1n) is 8.58. The molecule has 0 atom stereocenters. The Bertz CT molecular complexity index is 1120. The molecule has 0 fully saturated rings. The number of esters is 1. The molecule has 1 aliphatic rings. The molecule has 0 unspecified atom stereocenters. The number of para-hydroxylation sites is 1. The fourth-order valence-corrected chi connectivity index (χ4v) is 4.78. The molecule has 2 aromatic carbocycles. The molecule has 2 aromatic rings. The molecule has 8 nitrogen and oxygen atoms in total. The number of rotatable bonds is 5. The van der Waals surface area contributed by atoms with E-state index in [1.807, 2.05) is 0 Å². The largest absolute Gasteiger partial charge is 0.465 e. The molecule has 1 heterocycles. The molecule has 0 saturated carbocycles. The second-order valence-corrected chi connectivity index (χ2v) is 8.02. The predicted octanol–water partition coefficient (Wildman–Crippen LogP) is 2.01. The summed E-state index contributed by atoms with van der Waals surface area (Å²) < 4.78 is 31.0. The number of nitrogens with one attached hydrogen (secondary N) is 1. The molecule has 9 heteroatoms. The number of anilines is 1. The van der Waals surface area contributed by atoms with Gasteiger partial charge < -0.3 is 10.1 Å². The molecule has 3 rings (SSSR count). The zero-order valence-electron chi connectivity index (χ0n) is 15.7. The van der Waals surface area contributed by atoms with Gasteiger partial charge in [0.1, 0.15) is 11.4 Å². The van der Waals surface area contributed by atoms with Gasteiger partial charge in [0.15, 0.2) is 0 Å². The molecule has 0 bridgehead atoms. The van der Waals surface area contributed by atoms with Crippen molar-refractivity contribution in [2.24, 2.45) is 0 Å². The summed E-state index contributed by atoms with van der Waals surface area (Å²) in [5.74, 6) is -2.18. The maximum atomic E-state index is 12.9. The van der Waals surface area contributed by atoms with Gasteiger partial charge in [0, 0.05) is 5.57 Å². The normalized spacial score (nSPS) is 15.4. The molecule has 1 N–H and O–H groups in total. The molecule has 2 amide bonds. The highest BCUT2D eigenvalue weighted by Gasteiger charge is 2.43. The zero-order chi connectivity index (χ0) is 21.2. The summed E-state index contributed by atoms with van der Waals surface area (Å²) in [7, 11) is -2.98. The van der Waals surface area contributed by atoms with Gasteiger partial charge >= 0.3 is 5.97 Å². The first-order valence-corrected chi connectivity index (χ1v) is 10.0. The zero-order valence-corrected chi connectivity index (χ0v) is 16.5. The van der Waals surface area contributed by atoms with Crippen molar-refractivity contribution in [2.75, 3.05) is 19.0 Å². The first kappa shape index (κ1) is 20.3. The average molecular weight is 414 g/mol. The van der Waals surface area contributed by atoms with Crippen LogP contribution >= 0.6 is 0 Å². The molecule has 150 valence electrons. The van der Waals surface area contributed by atoms with Gasteiger partial charge in [-0.15, -0.1) is 0 Å². The molecular weight excluding hydrogens is 396 g/mol. The third kappa shape index (κ3) is 3.77. The van der Waals surface area contributed by atoms with Crippen LogP contribution in [-0.4, -0.2) is 44.2 Å². The van der Waals surface area contributed by atoms with Gasteiger partial charge in [0.2, 0.25) is 5.91 Å². The highest BCUT2D eigenvalue weighted by atomic mass is 32.2. The Morgan fingerprint density at radius 2 is 1.66 bits per heavy atom. The van der Waals surface area contributed by atoms with Gasteiger partial charge in [-0.05, 0) is 24.6 Å². The minimum atomic E-state index is -4.19. The van der Waals surface area contributed by atoms with E-state index >= 15 is 0 Å². The van der Waals surface area contributed by atoms with E-state index in [0.717, 1.165) is 0 Å². The minimum Gasteiger partial charge on any atom is -0.465 e. The molecule has 0 spiro atoms. The maximum Gasteiger partial charge on any atom is 0.339 e. The van der Waals surface area contributed by atoms with Crippen molar-refractivity contribution >= 4 is 38.4 Å². The quantitative estimate of drug-likeness (QED) is 0.750. The Labute approximate surface area is 167 Å². The average Bonchev–Trinajstić information content (AvgIpc) is 2.87. The Morgan fingerprint density at radius 1 is 1.03 bits per heavy atom. The van der Waals surface area contributed by atoms with Gasteiger partial charge in [-0.25, -0.2) is 17.5 Å². The van der Waals surface area contributed by atoms with Crippen molar-refractivity contribution in [3.63, 3.8) is 0 Å². The predicted molar refractivity (Wildman–Crippen MR) is 106 cm³/mol. The number of carbonyl (C=O) groups is 3. The number of benzene rings is 2. The molecular formula is C20H18N2O6S. The number of sulfonamides is 1. The van der Waals surface area contributed by atoms with Crippen molar-refractivity contribution in [3.05, 3.63) is 71.3 Å². The summed E-state index contributed by atoms with van der Waals surface area (Å²) in [6, 6.07) is 14.3. The third-order valence-electron chi connectivity index (χ3n) is 4.37. The lowest BCUT2D eigenvalue weighted by molar-refractivity contribution is -0.126. The molecule has 29 heavy (non-hydrogen) atoms. The summed E-state index contributed by atoms with van der Waals surface area (Å²) in [4.78, 5) is 36.7. The standard InChI is InChI=1S/C20H18N2O6S/c1-13-18(14-8-4-3-5-9-14)29(26,27)22(19(13)24)12-17(23)21-16-11-7-6-10-15(16)20(25)28-2/h3-11H,12H2,1-2H3,(H,21,23). The summed E-state index contributed by atoms with van der Waals surface area (Å²) >= 11 is 0. The lowest BCUT2D eigenvalue weighted by atomic mass is 10.1. The van der Waals surface area contributed by atoms with E-state index in [-0.39, 0.29) is 21.7 Å². The second-order valence-electron chi connectivity index (χ2n) is 6.22. The van der Waals surface area contributed by atoms with Crippen LogP contribution < -0.4 is 5.32 Å². The van der Waals surface area contributed by atoms with Gasteiger partial charge in [-0.3, -0.25) is 9.59 Å². The number of methoxy groups -OCH3 is 1. The Kier molecular flexibility index (Phi) is 5.51. The monoisotopic (exact) mass is 414 g/mol. The highest BCUT2D eigenvalue weighted by Crippen LogP contribution is 2.35. The van der Waals surface area contributed by atoms with E-state index in [9.17, 15) is 22.8 Å². The maximum absolute atomic E-state index is 12.9. The SMILES string of the molecule is COC(=O)c1ccccc1NC(=O)CN1C(=O)C(C)=C(c2ccccc2)S1(=O)=O. The van der Waals surface area contributed by atoms with Crippen LogP contribution in [0.4, 0.5) is 5.69 Å². The van der Waals surface area contributed by atoms with Crippen LogP contribution in [0.5, 0.6) is 0 Å². The molecule has 0 saturated heterocycles. The number of hydrogen-bond donors (Lipinski definition) is 1. The van der Waals surface area contributed by atoms with Gasteiger partial charge in [0.25, 0.3) is 15.9 Å². The van der Waals surface area contributed by atoms with Crippen LogP contribution in [0, 0.1) is 0 Å². The first-order chi connectivity index (χ1) is 13.8. The number of hydrogen-bond acceptors (Lipinski definition) is 6. The number of ether oxygens (including phenoxy) is 1. The smallest absolute Gasteiger partial charge is 0.339 e. The Morgan fingerprint density at radius 3 is 2.31 bits per heavy atom. The molecule has 0 aliphatic carbocycles. The summed E-state index contributed by atoms with van der Waals surface area (Å²) in [6.07, 6.45) is 0. The summed E-state index contributed by atoms with van der Waals surface area (Å²) in [6.45, 7) is 0.691. The fraction of sp³-hybridized carbons (Fsp3) is 0.150. The second kappa shape index (κ2) is 7.88. The van der Waals surface area contributed by atoms with E-state index < -0.39 is 34.4 Å². The molecule has 1 aliphatic heterocycles. The lowest BCUT2D eigenvalue weighted by Gasteiger charge is -2.17. The Balaban J connectivity index is 1.84. The van der Waals surface area contributed by atoms with E-state index in [4.69, 9.17) is 0 Å². The van der Waals surface area contributed by atoms with Crippen molar-refractivity contribution < 1.29 is 27.5 Å². The van der Waals surface area contributed by atoms with Gasteiger partial charge in [-0.2, -0.15) is 0 Å². The number of amides is 2. The topological polar surface area (TPSA) is 110 Å². The molecule has 0 radical (unpaired) electrons. The van der Waals surface area contributed by atoms with Crippen LogP contribution in [0.15, 0.2) is 60.2 Å². The molecule has 0 aromatic heterocycles. The van der Waals surface area contributed by atoms with E-state index in [1.165, 1.54) is 26.2 Å². The highest BCUT2D eigenvalue weighted by molar-refractivity contribution is 7.99. The third-order valence-corrected chi connectivity index (χ3v) is 6.30. The van der Waals surface area contributed by atoms with Crippen molar-refractivity contribution in [1.82, 2.24) is 4.31 Å². The van der Waals surface area contributed by atoms with E-state index in [2.05, 4.69) is 10.1 Å². The van der Waals surface area contributed by atoms with Crippen LogP contribution in [0.2, 0.25) is 0 Å². The van der Waals surface area contributed by atoms with E-state index in [1.54, 1.807) is 42.5 Å². The van der Waals surface area contributed by atoms with Crippen molar-refractivity contribution in [2.45, 2.75) is 6.92 Å². The van der Waals surface area contributed by atoms with Crippen molar-refractivity contribution in [1.29, 1.82) is 0 Å². The van der Waals surface area contributed by atoms with Gasteiger partial charge in [0.05, 0.1) is 18.4 Å². The summed E-state index contributed by atoms with van der Waals surface area (Å²) in [5.41, 5.74) is 0.677. The van der Waals surface area contributed by atoms with Gasteiger partial charge in [-0.1, -0.05) is 42.5 Å². The summed E-state index contributed by atoms with van der Waals surface area (Å²) in [5, 5.41) is 2.46. The van der Waals surface area contributed by atoms with Crippen LogP contribution in [0.25, 0.3) is 4.91 Å². The number of nitrogens with zero attached hydrogens (tertiary/aromatic N) is 1. The van der Waals surface area contributed by atoms with E-state index in [0.29, 0.717) is 9.87 Å². The lowest BCUT2D eigenvalue weighted by Crippen LogP contribution is -2.38. The minimum absolute atomic E-state index is 0.0407. The Hall–Kier alpha value is -3.46. The van der Waals surface area contributed by atoms with Crippen LogP contribution in [0.3, 0.4) is 0 Å². The number of carbonyl (C=O) groups excluding carboxylic acids is 3. The van der Waals surface area contributed by atoms with Crippen molar-refractivity contribution in [3.8, 4) is 0 Å². The van der Waals surface area contributed by atoms with Crippen LogP contribution in [0.1, 0.15) is 22.8 Å². The van der Waals surface area contributed by atoms with Crippen LogP contribution in [-0.2, 0) is 24.3 Å². The fourth-order valence-electron chi connectivity index (χ4n) is 3.01.